The van der Waals surface area contributed by atoms with Crippen molar-refractivity contribution in [2.75, 3.05) is 30.3 Å². The molecular formula is C19H21BrF3N5OU. The smallest absolute Gasteiger partial charge is 0.375 e. The third-order valence-corrected chi connectivity index (χ3v) is 4.40. The first-order valence-corrected chi connectivity index (χ1v) is 9.61. The molecule has 0 unspecified atom stereocenters. The summed E-state index contributed by atoms with van der Waals surface area (Å²) >= 11 is 3.32. The van der Waals surface area contributed by atoms with Crippen molar-refractivity contribution in [3.63, 3.8) is 0 Å². The molecule has 0 atom stereocenters. The normalized spacial score (nSPS) is 10.9. The minimum atomic E-state index is -4.60. The van der Waals surface area contributed by atoms with E-state index in [4.69, 9.17) is 0 Å². The fourth-order valence-electron chi connectivity index (χ4n) is 2.48. The molecule has 1 aromatic carbocycles. The van der Waals surface area contributed by atoms with Gasteiger partial charge in [-0.05, 0) is 24.6 Å². The van der Waals surface area contributed by atoms with E-state index >= 15 is 0 Å². The number of halogens is 4. The van der Waals surface area contributed by atoms with Crippen molar-refractivity contribution >= 4 is 39.3 Å². The number of hydrogen-bond donors (Lipinski definition) is 2. The first-order valence-electron chi connectivity index (χ1n) is 8.81. The zero-order valence-electron chi connectivity index (χ0n) is 16.1. The third kappa shape index (κ3) is 8.08. The van der Waals surface area contributed by atoms with Gasteiger partial charge >= 0.3 is 37.3 Å². The molecule has 0 saturated carbocycles. The fourth-order valence-corrected chi connectivity index (χ4v) is 2.87. The Kier molecular flexibility index (Phi) is 11.2. The van der Waals surface area contributed by atoms with Gasteiger partial charge in [-0.2, -0.15) is 18.2 Å². The van der Waals surface area contributed by atoms with Gasteiger partial charge < -0.3 is 29.4 Å². The van der Waals surface area contributed by atoms with Crippen molar-refractivity contribution < 1.29 is 49.1 Å². The second-order valence-corrected chi connectivity index (χ2v) is 6.92. The Hall–Kier alpha value is -1.31. The molecule has 2 aromatic rings. The van der Waals surface area contributed by atoms with Crippen molar-refractivity contribution in [1.82, 2.24) is 14.9 Å². The summed E-state index contributed by atoms with van der Waals surface area (Å²) in [6.07, 6.45) is -3.32. The number of alkyl halides is 3. The van der Waals surface area contributed by atoms with Gasteiger partial charge in [-0.25, -0.2) is 4.98 Å². The van der Waals surface area contributed by atoms with E-state index in [1.807, 2.05) is 6.07 Å². The topological polar surface area (TPSA) is 70.2 Å². The molecule has 1 heterocycles. The zero-order chi connectivity index (χ0) is 21.4. The minimum absolute atomic E-state index is 0. The van der Waals surface area contributed by atoms with E-state index in [0.29, 0.717) is 18.7 Å². The Morgan fingerprint density at radius 1 is 1.27 bits per heavy atom. The average Bonchev–Trinajstić information content (AvgIpc) is 2.67. The zero-order valence-corrected chi connectivity index (χ0v) is 21.8. The largest absolute Gasteiger partial charge is 2.00 e. The van der Waals surface area contributed by atoms with E-state index in [9.17, 15) is 18.0 Å². The first kappa shape index (κ1) is 26.7. The molecule has 0 fully saturated rings. The maximum Gasteiger partial charge on any atom is 2.00 e. The van der Waals surface area contributed by atoms with Crippen molar-refractivity contribution in [1.29, 1.82) is 0 Å². The monoisotopic (exact) mass is 709 g/mol. The molecule has 0 bridgehead atoms. The second-order valence-electron chi connectivity index (χ2n) is 6.00. The summed E-state index contributed by atoms with van der Waals surface area (Å²) in [5.74, 6) is -0.446. The quantitative estimate of drug-likeness (QED) is 0.292. The van der Waals surface area contributed by atoms with Gasteiger partial charge in [0.15, 0.2) is 5.91 Å². The van der Waals surface area contributed by atoms with Crippen LogP contribution in [0.1, 0.15) is 18.4 Å². The molecular weight excluding hydrogens is 689 g/mol. The summed E-state index contributed by atoms with van der Waals surface area (Å²) in [5, 5.41) is 5.58. The molecule has 11 heteroatoms. The summed E-state index contributed by atoms with van der Waals surface area (Å²) in [6, 6.07) is 7.09. The van der Waals surface area contributed by atoms with Crippen LogP contribution in [0.3, 0.4) is 0 Å². The Bertz CT molecular complexity index is 838. The molecule has 0 radical (unpaired) electrons. The number of carbonyl (C=O) groups excluding carboxylic acids is 1. The van der Waals surface area contributed by atoms with Crippen LogP contribution in [0.2, 0.25) is 0 Å². The Labute approximate surface area is 205 Å². The number of hydrogen-bond acceptors (Lipinski definition) is 5. The SMILES string of the molecule is [CH2-]CC(=O)N(C[CH2-])CCCNc1nc(Nc2cccc(Br)c2)ncc1C(F)(F)F.[U+2]. The molecule has 0 aliphatic rings. The maximum atomic E-state index is 13.3. The van der Waals surface area contributed by atoms with Crippen LogP contribution >= 0.6 is 15.9 Å². The molecule has 0 spiro atoms. The minimum Gasteiger partial charge on any atom is -0.375 e. The number of rotatable bonds is 9. The van der Waals surface area contributed by atoms with Gasteiger partial charge in [0.25, 0.3) is 0 Å². The fraction of sp³-hybridized carbons (Fsp3) is 0.316. The van der Waals surface area contributed by atoms with Crippen LogP contribution in [0, 0.1) is 45.0 Å². The van der Waals surface area contributed by atoms with Crippen LogP contribution in [0.15, 0.2) is 34.9 Å². The summed E-state index contributed by atoms with van der Waals surface area (Å²) in [5.41, 5.74) is -0.331. The predicted molar refractivity (Wildman–Crippen MR) is 109 cm³/mol. The molecule has 0 aliphatic heterocycles. The van der Waals surface area contributed by atoms with Crippen molar-refractivity contribution in [3.05, 3.63) is 54.3 Å². The molecule has 6 nitrogen and oxygen atoms in total. The summed E-state index contributed by atoms with van der Waals surface area (Å²) in [6.45, 7) is 8.03. The van der Waals surface area contributed by atoms with E-state index in [-0.39, 0.29) is 68.3 Å². The van der Waals surface area contributed by atoms with E-state index in [0.717, 1.165) is 10.7 Å². The van der Waals surface area contributed by atoms with Crippen LogP contribution in [0.25, 0.3) is 0 Å². The van der Waals surface area contributed by atoms with E-state index < -0.39 is 11.7 Å². The Morgan fingerprint density at radius 2 is 2.00 bits per heavy atom. The first-order chi connectivity index (χ1) is 13.7. The molecule has 1 amide bonds. The van der Waals surface area contributed by atoms with Gasteiger partial charge in [0.05, 0.1) is 0 Å². The number of carbonyl (C=O) groups is 1. The maximum absolute atomic E-state index is 13.3. The van der Waals surface area contributed by atoms with Gasteiger partial charge in [-0.15, -0.1) is 13.0 Å². The van der Waals surface area contributed by atoms with Gasteiger partial charge in [0.1, 0.15) is 11.4 Å². The van der Waals surface area contributed by atoms with Crippen LogP contribution in [0.4, 0.5) is 30.6 Å². The van der Waals surface area contributed by atoms with Crippen LogP contribution in [-0.4, -0.2) is 40.4 Å². The number of nitrogens with one attached hydrogen (secondary N) is 2. The van der Waals surface area contributed by atoms with Crippen molar-refractivity contribution in [2.24, 2.45) is 0 Å². The van der Waals surface area contributed by atoms with Gasteiger partial charge in [-0.3, -0.25) is 4.79 Å². The van der Waals surface area contributed by atoms with Crippen LogP contribution < -0.4 is 10.6 Å². The third-order valence-electron chi connectivity index (χ3n) is 3.91. The molecule has 30 heavy (non-hydrogen) atoms. The standard InChI is InChI=1S/C19H21BrF3N5O.U/c1-3-16(29)28(4-2)10-6-9-24-17-15(19(21,22)23)12-25-18(27-17)26-14-8-5-7-13(20)11-14;/h5,7-8,11-12H,1-4,6,9-10H2,(H2,24,25,26,27);/q-2;+2. The van der Waals surface area contributed by atoms with Gasteiger partial charge in [-0.1, -0.05) is 22.0 Å². The number of benzene rings is 1. The van der Waals surface area contributed by atoms with E-state index in [1.54, 1.807) is 18.2 Å². The van der Waals surface area contributed by atoms with Crippen molar-refractivity contribution in [2.45, 2.75) is 19.0 Å². The van der Waals surface area contributed by atoms with E-state index in [1.165, 1.54) is 4.90 Å². The molecule has 0 saturated heterocycles. The average molecular weight is 710 g/mol. The molecule has 2 N–H and O–H groups in total. The predicted octanol–water partition coefficient (Wildman–Crippen LogP) is 4.69. The molecule has 0 aliphatic carbocycles. The van der Waals surface area contributed by atoms with Gasteiger partial charge in [0.2, 0.25) is 5.95 Å². The summed E-state index contributed by atoms with van der Waals surface area (Å²) in [4.78, 5) is 20.9. The Balaban J connectivity index is 0.00000450. The van der Waals surface area contributed by atoms with Crippen LogP contribution in [0.5, 0.6) is 0 Å². The summed E-state index contributed by atoms with van der Waals surface area (Å²) in [7, 11) is 0. The number of amides is 1. The Morgan fingerprint density at radius 3 is 2.60 bits per heavy atom. The second kappa shape index (κ2) is 12.5. The summed E-state index contributed by atoms with van der Waals surface area (Å²) < 4.78 is 40.7. The molecule has 160 valence electrons. The number of aromatic nitrogens is 2. The molecule has 2 rings (SSSR count). The van der Waals surface area contributed by atoms with Crippen molar-refractivity contribution in [3.8, 4) is 0 Å². The number of nitrogens with zero attached hydrogens (tertiary/aromatic N) is 3. The number of anilines is 3. The van der Waals surface area contributed by atoms with E-state index in [2.05, 4.69) is 50.4 Å². The molecule has 1 aromatic heterocycles. The van der Waals surface area contributed by atoms with Crippen LogP contribution in [-0.2, 0) is 11.0 Å². The van der Waals surface area contributed by atoms with Gasteiger partial charge in [0, 0.05) is 29.4 Å².